The topological polar surface area (TPSA) is 78.3 Å². The molecule has 272 valence electrons. The van der Waals surface area contributed by atoms with Gasteiger partial charge in [-0.15, -0.1) is 0 Å². The van der Waals surface area contributed by atoms with Gasteiger partial charge in [0, 0.05) is 29.3 Å². The molecule has 1 amide bonds. The van der Waals surface area contributed by atoms with Crippen molar-refractivity contribution >= 4 is 14.2 Å². The van der Waals surface area contributed by atoms with Crippen molar-refractivity contribution in [3.63, 3.8) is 0 Å². The van der Waals surface area contributed by atoms with E-state index in [9.17, 15) is 4.79 Å². The normalized spacial score (nSPS) is 25.4. The first kappa shape index (κ1) is 36.8. The van der Waals surface area contributed by atoms with Crippen LogP contribution in [0.2, 0.25) is 18.1 Å². The molecule has 2 aromatic heterocycles. The molecular weight excluding hydrogens is 637 g/mol. The van der Waals surface area contributed by atoms with E-state index in [1.54, 1.807) is 7.11 Å². The third-order valence-corrected chi connectivity index (χ3v) is 17.6. The highest BCUT2D eigenvalue weighted by Gasteiger charge is 2.60. The standard InChI is InChI=1S/C42H62N4O3Si/c1-29-24-33(16-17-35(29)48-8)42-21-19-41(20-22-42,26-36(42)49-50(9,10)40(5,6)7)37(45-38(47)30-14-12-11-13-15-30)34-25-31(18-23-43-34)32-27-44-46(28-32)39(2,3)4/h16-18,23-25,27-28,30,36-37H,11-15,19-22,26H2,1-10H3,(H,45,47). The predicted octanol–water partition coefficient (Wildman–Crippen LogP) is 10.0. The molecule has 3 aromatic rings. The fourth-order valence-corrected chi connectivity index (χ4v) is 10.2. The molecule has 4 aliphatic rings. The van der Waals surface area contributed by atoms with Crippen LogP contribution in [0, 0.1) is 18.3 Å². The molecular formula is C42H62N4O3Si. The van der Waals surface area contributed by atoms with Crippen LogP contribution in [0.3, 0.4) is 0 Å². The summed E-state index contributed by atoms with van der Waals surface area (Å²) in [5.41, 5.74) is 5.29. The van der Waals surface area contributed by atoms with E-state index in [1.165, 1.54) is 17.5 Å². The fraction of sp³-hybridized carbons (Fsp3) is 0.643. The Morgan fingerprint density at radius 1 is 0.980 bits per heavy atom. The van der Waals surface area contributed by atoms with Gasteiger partial charge in [-0.2, -0.15) is 5.10 Å². The number of hydrogen-bond acceptors (Lipinski definition) is 5. The van der Waals surface area contributed by atoms with Crippen LogP contribution in [0.25, 0.3) is 11.1 Å². The van der Waals surface area contributed by atoms with Gasteiger partial charge in [0.1, 0.15) is 5.75 Å². The lowest BCUT2D eigenvalue weighted by Crippen LogP contribution is -2.61. The molecule has 7 nitrogen and oxygen atoms in total. The molecule has 2 heterocycles. The third-order valence-electron chi connectivity index (χ3n) is 13.1. The number of fused-ring (bicyclic) bond motifs is 3. The minimum atomic E-state index is -2.15. The van der Waals surface area contributed by atoms with Gasteiger partial charge in [-0.3, -0.25) is 14.5 Å². The summed E-state index contributed by atoms with van der Waals surface area (Å²) in [4.78, 5) is 19.3. The van der Waals surface area contributed by atoms with Gasteiger partial charge >= 0.3 is 0 Å². The summed E-state index contributed by atoms with van der Waals surface area (Å²) in [5.74, 6) is 1.20. The van der Waals surface area contributed by atoms with Crippen molar-refractivity contribution in [2.75, 3.05) is 7.11 Å². The molecule has 0 spiro atoms. The van der Waals surface area contributed by atoms with E-state index in [0.29, 0.717) is 0 Å². The zero-order chi connectivity index (χ0) is 36.1. The Morgan fingerprint density at radius 2 is 1.68 bits per heavy atom. The average molecular weight is 699 g/mol. The van der Waals surface area contributed by atoms with Crippen LogP contribution in [0.4, 0.5) is 0 Å². The molecule has 2 atom stereocenters. The highest BCUT2D eigenvalue weighted by Crippen LogP contribution is 2.64. The summed E-state index contributed by atoms with van der Waals surface area (Å²) in [6.45, 7) is 20.4. The predicted molar refractivity (Wildman–Crippen MR) is 205 cm³/mol. The first-order valence-electron chi connectivity index (χ1n) is 19.1. The van der Waals surface area contributed by atoms with Gasteiger partial charge in [-0.1, -0.05) is 52.2 Å². The molecule has 50 heavy (non-hydrogen) atoms. The summed E-state index contributed by atoms with van der Waals surface area (Å²) in [6.07, 6.45) is 16.4. The molecule has 4 saturated carbocycles. The average Bonchev–Trinajstić information content (AvgIpc) is 3.59. The van der Waals surface area contributed by atoms with Gasteiger partial charge in [0.2, 0.25) is 5.91 Å². The maximum absolute atomic E-state index is 14.2. The van der Waals surface area contributed by atoms with E-state index in [0.717, 1.165) is 80.4 Å². The number of methoxy groups -OCH3 is 1. The van der Waals surface area contributed by atoms with Gasteiger partial charge in [0.25, 0.3) is 0 Å². The number of rotatable bonds is 9. The monoisotopic (exact) mass is 698 g/mol. The Morgan fingerprint density at radius 3 is 2.28 bits per heavy atom. The summed E-state index contributed by atoms with van der Waals surface area (Å²) < 4.78 is 15.3. The minimum absolute atomic E-state index is 0.0426. The van der Waals surface area contributed by atoms with Crippen LogP contribution < -0.4 is 10.1 Å². The van der Waals surface area contributed by atoms with Gasteiger partial charge < -0.3 is 14.5 Å². The van der Waals surface area contributed by atoms with E-state index in [1.807, 2.05) is 17.1 Å². The fourth-order valence-electron chi connectivity index (χ4n) is 8.83. The molecule has 2 bridgehead atoms. The molecule has 2 unspecified atom stereocenters. The third kappa shape index (κ3) is 6.95. The summed E-state index contributed by atoms with van der Waals surface area (Å²) in [7, 11) is -0.399. The number of nitrogens with zero attached hydrogens (tertiary/aromatic N) is 3. The highest BCUT2D eigenvalue weighted by molar-refractivity contribution is 6.74. The molecule has 1 N–H and O–H groups in total. The minimum Gasteiger partial charge on any atom is -0.496 e. The van der Waals surface area contributed by atoms with Crippen molar-refractivity contribution in [1.82, 2.24) is 20.1 Å². The molecule has 8 heteroatoms. The number of benzene rings is 1. The zero-order valence-electron chi connectivity index (χ0n) is 32.5. The Hall–Kier alpha value is -2.97. The maximum atomic E-state index is 14.2. The number of carbonyl (C=O) groups is 1. The van der Waals surface area contributed by atoms with Crippen LogP contribution in [0.1, 0.15) is 129 Å². The maximum Gasteiger partial charge on any atom is 0.223 e. The van der Waals surface area contributed by atoms with E-state index in [2.05, 4.69) is 103 Å². The highest BCUT2D eigenvalue weighted by atomic mass is 28.4. The first-order valence-corrected chi connectivity index (χ1v) is 22.0. The van der Waals surface area contributed by atoms with Crippen molar-refractivity contribution < 1.29 is 14.0 Å². The molecule has 7 rings (SSSR count). The van der Waals surface area contributed by atoms with Crippen molar-refractivity contribution in [1.29, 1.82) is 0 Å². The molecule has 4 aliphatic carbocycles. The lowest BCUT2D eigenvalue weighted by Gasteiger charge is -2.61. The van der Waals surface area contributed by atoms with Crippen LogP contribution in [-0.4, -0.2) is 42.2 Å². The number of ether oxygens (including phenoxy) is 1. The Bertz CT molecular complexity index is 1670. The van der Waals surface area contributed by atoms with E-state index >= 15 is 0 Å². The quantitative estimate of drug-likeness (QED) is 0.225. The second-order valence-electron chi connectivity index (χ2n) is 18.4. The number of pyridine rings is 1. The second kappa shape index (κ2) is 13.5. The molecule has 0 saturated heterocycles. The second-order valence-corrected chi connectivity index (χ2v) is 23.1. The molecule has 4 fully saturated rings. The van der Waals surface area contributed by atoms with Crippen molar-refractivity contribution in [3.05, 3.63) is 65.7 Å². The van der Waals surface area contributed by atoms with Gasteiger partial charge in [0.15, 0.2) is 8.32 Å². The largest absolute Gasteiger partial charge is 0.496 e. The molecule has 1 aromatic carbocycles. The summed E-state index contributed by atoms with van der Waals surface area (Å²) in [6, 6.07) is 10.9. The van der Waals surface area contributed by atoms with Crippen LogP contribution >= 0.6 is 0 Å². The van der Waals surface area contributed by atoms with Crippen LogP contribution in [0.5, 0.6) is 5.75 Å². The number of hydrogen-bond donors (Lipinski definition) is 1. The van der Waals surface area contributed by atoms with Gasteiger partial charge in [-0.05, 0) is 131 Å². The van der Waals surface area contributed by atoms with Crippen molar-refractivity contribution in [2.24, 2.45) is 11.3 Å². The lowest BCUT2D eigenvalue weighted by atomic mass is 9.48. The summed E-state index contributed by atoms with van der Waals surface area (Å²) in [5, 5.41) is 8.48. The number of carbonyl (C=O) groups excluding carboxylic acids is 1. The van der Waals surface area contributed by atoms with E-state index < -0.39 is 8.32 Å². The number of amides is 1. The smallest absolute Gasteiger partial charge is 0.223 e. The van der Waals surface area contributed by atoms with E-state index in [-0.39, 0.29) is 45.4 Å². The Kier molecular flexibility index (Phi) is 9.96. The zero-order valence-corrected chi connectivity index (χ0v) is 33.5. The van der Waals surface area contributed by atoms with Crippen molar-refractivity contribution in [2.45, 2.75) is 154 Å². The Labute approximate surface area is 302 Å². The van der Waals surface area contributed by atoms with Crippen LogP contribution in [0.15, 0.2) is 48.9 Å². The lowest BCUT2D eigenvalue weighted by molar-refractivity contribution is -0.131. The van der Waals surface area contributed by atoms with E-state index in [4.69, 9.17) is 19.2 Å². The number of nitrogens with one attached hydrogen (secondary N) is 1. The van der Waals surface area contributed by atoms with Crippen molar-refractivity contribution in [3.8, 4) is 16.9 Å². The molecule has 0 aliphatic heterocycles. The van der Waals surface area contributed by atoms with Gasteiger partial charge in [0.05, 0.1) is 36.7 Å². The SMILES string of the molecule is COc1ccc(C23CCC(C(NC(=O)C4CCCCC4)c4cc(-c5cnn(C(C)(C)C)c5)ccn4)(CC2)CC3O[Si](C)(C)C(C)(C)C)cc1C. The van der Waals surface area contributed by atoms with Gasteiger partial charge in [-0.25, -0.2) is 0 Å². The van der Waals surface area contributed by atoms with Crippen LogP contribution in [-0.2, 0) is 20.2 Å². The summed E-state index contributed by atoms with van der Waals surface area (Å²) >= 11 is 0. The number of aryl methyl sites for hydroxylation is 1. The number of aromatic nitrogens is 3. The Balaban J connectivity index is 1.42. The first-order chi connectivity index (χ1) is 23.5. The molecule has 0 radical (unpaired) electrons.